The number of nitrogens with zero attached hydrogens (tertiary/aromatic N) is 2. The van der Waals surface area contributed by atoms with E-state index >= 15 is 0 Å². The SMILES string of the molecule is CN1CCN([C@@H]2c3ccccc3CC2C(=O)O)CC1.Cl.Cl. The van der Waals surface area contributed by atoms with Crippen molar-refractivity contribution in [1.82, 2.24) is 9.80 Å². The van der Waals surface area contributed by atoms with Gasteiger partial charge in [0.15, 0.2) is 0 Å². The van der Waals surface area contributed by atoms with Crippen LogP contribution in [0.1, 0.15) is 17.2 Å². The quantitative estimate of drug-likeness (QED) is 0.900. The molecule has 1 unspecified atom stereocenters. The summed E-state index contributed by atoms with van der Waals surface area (Å²) < 4.78 is 0. The van der Waals surface area contributed by atoms with Crippen molar-refractivity contribution in [2.45, 2.75) is 12.5 Å². The van der Waals surface area contributed by atoms with E-state index in [1.165, 1.54) is 11.1 Å². The highest BCUT2D eigenvalue weighted by atomic mass is 35.5. The molecule has 3 rings (SSSR count). The van der Waals surface area contributed by atoms with Gasteiger partial charge in [0.1, 0.15) is 0 Å². The van der Waals surface area contributed by atoms with E-state index in [0.29, 0.717) is 6.42 Å². The highest BCUT2D eigenvalue weighted by Gasteiger charge is 2.41. The summed E-state index contributed by atoms with van der Waals surface area (Å²) in [7, 11) is 2.12. The Morgan fingerprint density at radius 2 is 1.76 bits per heavy atom. The zero-order valence-corrected chi connectivity index (χ0v) is 13.7. The molecule has 0 radical (unpaired) electrons. The van der Waals surface area contributed by atoms with E-state index in [4.69, 9.17) is 0 Å². The number of aliphatic carboxylic acids is 1. The van der Waals surface area contributed by atoms with Crippen molar-refractivity contribution in [2.75, 3.05) is 33.2 Å². The molecule has 1 heterocycles. The third kappa shape index (κ3) is 3.51. The Kier molecular flexibility index (Phi) is 6.47. The van der Waals surface area contributed by atoms with Crippen LogP contribution in [0.3, 0.4) is 0 Å². The molecule has 1 fully saturated rings. The lowest BCUT2D eigenvalue weighted by atomic mass is 9.98. The Hall–Kier alpha value is -0.810. The first-order valence-corrected chi connectivity index (χ1v) is 6.90. The van der Waals surface area contributed by atoms with Crippen molar-refractivity contribution < 1.29 is 9.90 Å². The molecule has 1 aromatic rings. The van der Waals surface area contributed by atoms with Gasteiger partial charge in [-0.05, 0) is 24.6 Å². The molecular formula is C15H22Cl2N2O2. The van der Waals surface area contributed by atoms with E-state index in [1.54, 1.807) is 0 Å². The summed E-state index contributed by atoms with van der Waals surface area (Å²) >= 11 is 0. The summed E-state index contributed by atoms with van der Waals surface area (Å²) in [6.45, 7) is 3.95. The average molecular weight is 333 g/mol. The lowest BCUT2D eigenvalue weighted by molar-refractivity contribution is -0.144. The number of likely N-dealkylation sites (N-methyl/N-ethyl adjacent to an activating group) is 1. The number of carbonyl (C=O) groups is 1. The third-order valence-corrected chi connectivity index (χ3v) is 4.44. The maximum Gasteiger partial charge on any atom is 0.308 e. The molecule has 1 saturated heterocycles. The molecule has 4 nitrogen and oxygen atoms in total. The molecule has 0 aromatic heterocycles. The van der Waals surface area contributed by atoms with E-state index in [-0.39, 0.29) is 36.8 Å². The number of rotatable bonds is 2. The lowest BCUT2D eigenvalue weighted by Gasteiger charge is -2.38. The summed E-state index contributed by atoms with van der Waals surface area (Å²) in [6, 6.07) is 8.25. The predicted molar refractivity (Wildman–Crippen MR) is 87.6 cm³/mol. The fourth-order valence-corrected chi connectivity index (χ4v) is 3.35. The van der Waals surface area contributed by atoms with Crippen molar-refractivity contribution in [1.29, 1.82) is 0 Å². The van der Waals surface area contributed by atoms with Gasteiger partial charge in [-0.3, -0.25) is 9.69 Å². The number of carboxylic acid groups (broad SMARTS) is 1. The molecule has 1 N–H and O–H groups in total. The normalized spacial score (nSPS) is 25.6. The number of piperazine rings is 1. The maximum atomic E-state index is 11.6. The first kappa shape index (κ1) is 18.2. The first-order chi connectivity index (χ1) is 9.16. The number of hydrogen-bond acceptors (Lipinski definition) is 3. The topological polar surface area (TPSA) is 43.8 Å². The Balaban J connectivity index is 0.00000110. The molecule has 2 aliphatic rings. The minimum absolute atomic E-state index is 0. The zero-order valence-electron chi connectivity index (χ0n) is 12.1. The van der Waals surface area contributed by atoms with E-state index in [9.17, 15) is 9.90 Å². The van der Waals surface area contributed by atoms with Crippen LogP contribution in [0.4, 0.5) is 0 Å². The van der Waals surface area contributed by atoms with Gasteiger partial charge in [0.05, 0.1) is 5.92 Å². The first-order valence-electron chi connectivity index (χ1n) is 6.90. The second kappa shape index (κ2) is 7.45. The summed E-state index contributed by atoms with van der Waals surface area (Å²) in [5.74, 6) is -0.957. The van der Waals surface area contributed by atoms with Gasteiger partial charge in [0.2, 0.25) is 0 Å². The Labute approximate surface area is 137 Å². The number of carboxylic acids is 1. The molecule has 2 atom stereocenters. The highest BCUT2D eigenvalue weighted by molar-refractivity contribution is 5.85. The maximum absolute atomic E-state index is 11.6. The molecule has 1 aliphatic carbocycles. The van der Waals surface area contributed by atoms with Crippen LogP contribution in [-0.4, -0.2) is 54.1 Å². The third-order valence-electron chi connectivity index (χ3n) is 4.44. The van der Waals surface area contributed by atoms with E-state index in [0.717, 1.165) is 26.2 Å². The van der Waals surface area contributed by atoms with E-state index < -0.39 is 5.97 Å². The van der Waals surface area contributed by atoms with E-state index in [1.807, 2.05) is 12.1 Å². The van der Waals surface area contributed by atoms with Crippen molar-refractivity contribution in [3.63, 3.8) is 0 Å². The number of hydrogen-bond donors (Lipinski definition) is 1. The van der Waals surface area contributed by atoms with Crippen LogP contribution in [-0.2, 0) is 11.2 Å². The van der Waals surface area contributed by atoms with Gasteiger partial charge in [-0.25, -0.2) is 0 Å². The molecule has 118 valence electrons. The van der Waals surface area contributed by atoms with Gasteiger partial charge in [0.25, 0.3) is 0 Å². The van der Waals surface area contributed by atoms with Gasteiger partial charge in [-0.2, -0.15) is 0 Å². The van der Waals surface area contributed by atoms with Gasteiger partial charge in [0, 0.05) is 32.2 Å². The van der Waals surface area contributed by atoms with Crippen molar-refractivity contribution in [3.8, 4) is 0 Å². The Bertz CT molecular complexity index is 490. The fraction of sp³-hybridized carbons (Fsp3) is 0.533. The average Bonchev–Trinajstić information content (AvgIpc) is 2.79. The summed E-state index contributed by atoms with van der Waals surface area (Å²) in [5.41, 5.74) is 2.43. The van der Waals surface area contributed by atoms with E-state index in [2.05, 4.69) is 29.0 Å². The number of benzene rings is 1. The predicted octanol–water partition coefficient (Wildman–Crippen LogP) is 2.08. The molecule has 6 heteroatoms. The van der Waals surface area contributed by atoms with Crippen LogP contribution in [0.15, 0.2) is 24.3 Å². The monoisotopic (exact) mass is 332 g/mol. The summed E-state index contributed by atoms with van der Waals surface area (Å²) in [6.07, 6.45) is 0.669. The number of fused-ring (bicyclic) bond motifs is 1. The minimum Gasteiger partial charge on any atom is -0.481 e. The Morgan fingerprint density at radius 3 is 2.38 bits per heavy atom. The molecule has 21 heavy (non-hydrogen) atoms. The lowest BCUT2D eigenvalue weighted by Crippen LogP contribution is -2.47. The second-order valence-corrected chi connectivity index (χ2v) is 5.63. The van der Waals surface area contributed by atoms with Crippen LogP contribution in [0.5, 0.6) is 0 Å². The smallest absolute Gasteiger partial charge is 0.308 e. The van der Waals surface area contributed by atoms with Crippen molar-refractivity contribution in [2.24, 2.45) is 5.92 Å². The molecule has 0 bridgehead atoms. The molecule has 1 aliphatic heterocycles. The molecule has 0 saturated carbocycles. The van der Waals surface area contributed by atoms with Gasteiger partial charge in [-0.15, -0.1) is 24.8 Å². The van der Waals surface area contributed by atoms with Crippen LogP contribution in [0, 0.1) is 5.92 Å². The molecule has 0 amide bonds. The van der Waals surface area contributed by atoms with Gasteiger partial charge >= 0.3 is 5.97 Å². The minimum atomic E-state index is -0.667. The van der Waals surface area contributed by atoms with Crippen LogP contribution in [0.2, 0.25) is 0 Å². The number of halogens is 2. The van der Waals surface area contributed by atoms with Crippen LogP contribution < -0.4 is 0 Å². The molecule has 0 spiro atoms. The Morgan fingerprint density at radius 1 is 1.14 bits per heavy atom. The highest BCUT2D eigenvalue weighted by Crippen LogP contribution is 2.40. The molecular weight excluding hydrogens is 311 g/mol. The largest absolute Gasteiger partial charge is 0.481 e. The molecule has 1 aromatic carbocycles. The van der Waals surface area contributed by atoms with Gasteiger partial charge < -0.3 is 10.0 Å². The van der Waals surface area contributed by atoms with Crippen molar-refractivity contribution in [3.05, 3.63) is 35.4 Å². The van der Waals surface area contributed by atoms with Crippen LogP contribution >= 0.6 is 24.8 Å². The zero-order chi connectivity index (χ0) is 13.4. The summed E-state index contributed by atoms with van der Waals surface area (Å²) in [4.78, 5) is 16.2. The summed E-state index contributed by atoms with van der Waals surface area (Å²) in [5, 5.41) is 9.50. The second-order valence-electron chi connectivity index (χ2n) is 5.63. The fourth-order valence-electron chi connectivity index (χ4n) is 3.35. The van der Waals surface area contributed by atoms with Crippen LogP contribution in [0.25, 0.3) is 0 Å². The van der Waals surface area contributed by atoms with Crippen molar-refractivity contribution >= 4 is 30.8 Å². The van der Waals surface area contributed by atoms with Gasteiger partial charge in [-0.1, -0.05) is 24.3 Å². The standard InChI is InChI=1S/C15H20N2O2.2ClH/c1-16-6-8-17(9-7-16)14-12-5-3-2-4-11(12)10-13(14)15(18)19;;/h2-5,13-14H,6-10H2,1H3,(H,18,19);2*1H/t13?,14-;;/m1../s1.